The molecule has 0 spiro atoms. The Balaban J connectivity index is 1.83. The summed E-state index contributed by atoms with van der Waals surface area (Å²) in [4.78, 5) is 12.1. The van der Waals surface area contributed by atoms with E-state index in [-0.39, 0.29) is 5.91 Å². The predicted molar refractivity (Wildman–Crippen MR) is 117 cm³/mol. The predicted octanol–water partition coefficient (Wildman–Crippen LogP) is 4.76. The fraction of sp³-hybridized carbons (Fsp3) is 0.286. The quantitative estimate of drug-likeness (QED) is 0.370. The molecule has 0 bridgehead atoms. The van der Waals surface area contributed by atoms with Crippen LogP contribution < -0.4 is 5.32 Å². The third-order valence-electron chi connectivity index (χ3n) is 4.20. The van der Waals surface area contributed by atoms with Crippen molar-refractivity contribution in [2.24, 2.45) is 0 Å². The maximum absolute atomic E-state index is 12.1. The molecule has 0 fully saturated rings. The maximum atomic E-state index is 12.1. The molecule has 2 aromatic carbocycles. The Morgan fingerprint density at radius 1 is 1.11 bits per heavy atom. The van der Waals surface area contributed by atoms with Crippen LogP contribution in [-0.2, 0) is 11.3 Å². The van der Waals surface area contributed by atoms with Crippen LogP contribution in [0.4, 0.5) is 0 Å². The Kier molecular flexibility index (Phi) is 7.68. The fourth-order valence-electron chi connectivity index (χ4n) is 2.73. The topological polar surface area (TPSA) is 59.8 Å². The number of hydrogen-bond donors (Lipinski definition) is 1. The zero-order chi connectivity index (χ0) is 19.8. The fourth-order valence-corrected chi connectivity index (χ4v) is 3.96. The van der Waals surface area contributed by atoms with Crippen LogP contribution in [0.5, 0.6) is 0 Å². The van der Waals surface area contributed by atoms with E-state index in [0.29, 0.717) is 12.3 Å². The number of amides is 1. The van der Waals surface area contributed by atoms with E-state index in [1.54, 1.807) is 0 Å². The summed E-state index contributed by atoms with van der Waals surface area (Å²) in [6.07, 6.45) is 2.06. The number of nitrogens with zero attached hydrogens (tertiary/aromatic N) is 3. The molecule has 0 atom stereocenters. The lowest BCUT2D eigenvalue weighted by molar-refractivity contribution is -0.118. The van der Waals surface area contributed by atoms with Gasteiger partial charge >= 0.3 is 0 Å². The van der Waals surface area contributed by atoms with Gasteiger partial charge in [-0.25, -0.2) is 0 Å². The summed E-state index contributed by atoms with van der Waals surface area (Å²) in [5, 5.41) is 12.5. The molecule has 3 aromatic rings. The summed E-state index contributed by atoms with van der Waals surface area (Å²) < 4.78 is 3.03. The van der Waals surface area contributed by atoms with E-state index in [1.807, 2.05) is 42.5 Å². The largest absolute Gasteiger partial charge is 0.355 e. The standard InChI is InChI=1S/C21H23BrN4OS/c1-2-3-13-23-19(27)15-28-21-25-24-20(17-11-7-8-12-18(17)22)26(21)14-16-9-5-4-6-10-16/h4-12H,2-3,13-15H2,1H3,(H,23,27). The Morgan fingerprint density at radius 3 is 2.61 bits per heavy atom. The van der Waals surface area contributed by atoms with Gasteiger partial charge in [-0.05, 0) is 18.1 Å². The third kappa shape index (κ3) is 5.45. The van der Waals surface area contributed by atoms with Crippen molar-refractivity contribution in [1.29, 1.82) is 0 Å². The lowest BCUT2D eigenvalue weighted by atomic mass is 10.2. The van der Waals surface area contributed by atoms with Gasteiger partial charge in [0.05, 0.1) is 12.3 Å². The van der Waals surface area contributed by atoms with Crippen LogP contribution in [0.15, 0.2) is 64.2 Å². The lowest BCUT2D eigenvalue weighted by Crippen LogP contribution is -2.26. The number of carbonyl (C=O) groups excluding carboxylic acids is 1. The lowest BCUT2D eigenvalue weighted by Gasteiger charge is -2.11. The smallest absolute Gasteiger partial charge is 0.230 e. The van der Waals surface area contributed by atoms with Crippen molar-refractivity contribution < 1.29 is 4.79 Å². The van der Waals surface area contributed by atoms with Crippen molar-refractivity contribution in [2.75, 3.05) is 12.3 Å². The Labute approximate surface area is 178 Å². The summed E-state index contributed by atoms with van der Waals surface area (Å²) in [5.41, 5.74) is 2.13. The van der Waals surface area contributed by atoms with Crippen molar-refractivity contribution in [3.05, 3.63) is 64.6 Å². The molecule has 0 radical (unpaired) electrons. The molecule has 0 saturated heterocycles. The molecule has 5 nitrogen and oxygen atoms in total. The highest BCUT2D eigenvalue weighted by Gasteiger charge is 2.17. The van der Waals surface area contributed by atoms with Gasteiger partial charge in [-0.1, -0.05) is 89.6 Å². The minimum absolute atomic E-state index is 0.0233. The molecule has 1 amide bonds. The van der Waals surface area contributed by atoms with Gasteiger partial charge in [0.15, 0.2) is 11.0 Å². The molecular weight excluding hydrogens is 436 g/mol. The van der Waals surface area contributed by atoms with Crippen LogP contribution in [0.2, 0.25) is 0 Å². The second kappa shape index (κ2) is 10.4. The molecular formula is C21H23BrN4OS. The van der Waals surface area contributed by atoms with Crippen LogP contribution in [0.25, 0.3) is 11.4 Å². The number of carbonyl (C=O) groups is 1. The summed E-state index contributed by atoms with van der Waals surface area (Å²) in [6.45, 7) is 3.47. The highest BCUT2D eigenvalue weighted by Crippen LogP contribution is 2.30. The third-order valence-corrected chi connectivity index (χ3v) is 5.86. The van der Waals surface area contributed by atoms with Gasteiger partial charge in [0.25, 0.3) is 0 Å². The van der Waals surface area contributed by atoms with Crippen LogP contribution in [0.3, 0.4) is 0 Å². The van der Waals surface area contributed by atoms with Crippen molar-refractivity contribution in [2.45, 2.75) is 31.5 Å². The number of rotatable bonds is 9. The minimum atomic E-state index is 0.0233. The molecule has 0 aliphatic rings. The summed E-state index contributed by atoms with van der Waals surface area (Å²) in [7, 11) is 0. The number of thioether (sulfide) groups is 1. The molecule has 0 aliphatic carbocycles. The van der Waals surface area contributed by atoms with E-state index in [9.17, 15) is 4.79 Å². The van der Waals surface area contributed by atoms with Gasteiger partial charge in [0, 0.05) is 16.6 Å². The molecule has 1 heterocycles. The Morgan fingerprint density at radius 2 is 1.86 bits per heavy atom. The van der Waals surface area contributed by atoms with Gasteiger partial charge in [0.2, 0.25) is 5.91 Å². The van der Waals surface area contributed by atoms with E-state index in [4.69, 9.17) is 0 Å². The highest BCUT2D eigenvalue weighted by atomic mass is 79.9. The van der Waals surface area contributed by atoms with E-state index in [1.165, 1.54) is 11.8 Å². The van der Waals surface area contributed by atoms with Crippen molar-refractivity contribution in [1.82, 2.24) is 20.1 Å². The van der Waals surface area contributed by atoms with Crippen molar-refractivity contribution >= 4 is 33.6 Å². The average Bonchev–Trinajstić information content (AvgIpc) is 3.10. The highest BCUT2D eigenvalue weighted by molar-refractivity contribution is 9.10. The first-order valence-corrected chi connectivity index (χ1v) is 11.1. The van der Waals surface area contributed by atoms with Crippen molar-refractivity contribution in [3.63, 3.8) is 0 Å². The Bertz CT molecular complexity index is 914. The second-order valence-electron chi connectivity index (χ2n) is 6.35. The first-order valence-electron chi connectivity index (χ1n) is 9.30. The SMILES string of the molecule is CCCCNC(=O)CSc1nnc(-c2ccccc2Br)n1Cc1ccccc1. The van der Waals surface area contributed by atoms with Gasteiger partial charge in [0.1, 0.15) is 0 Å². The molecule has 0 aliphatic heterocycles. The van der Waals surface area contributed by atoms with Crippen LogP contribution in [0, 0.1) is 0 Å². The van der Waals surface area contributed by atoms with Gasteiger partial charge in [-0.15, -0.1) is 10.2 Å². The maximum Gasteiger partial charge on any atom is 0.230 e. The number of nitrogens with one attached hydrogen (secondary N) is 1. The van der Waals surface area contributed by atoms with Gasteiger partial charge in [-0.2, -0.15) is 0 Å². The minimum Gasteiger partial charge on any atom is -0.355 e. The Hall–Kier alpha value is -2.12. The van der Waals surface area contributed by atoms with Gasteiger partial charge < -0.3 is 5.32 Å². The summed E-state index contributed by atoms with van der Waals surface area (Å²) in [5.74, 6) is 1.13. The van der Waals surface area contributed by atoms with E-state index >= 15 is 0 Å². The first-order chi connectivity index (χ1) is 13.7. The number of unbranched alkanes of at least 4 members (excludes halogenated alkanes) is 1. The number of hydrogen-bond acceptors (Lipinski definition) is 4. The van der Waals surface area contributed by atoms with Crippen LogP contribution in [-0.4, -0.2) is 33.0 Å². The first kappa shape index (κ1) is 20.6. The molecule has 0 unspecified atom stereocenters. The van der Waals surface area contributed by atoms with Gasteiger partial charge in [-0.3, -0.25) is 9.36 Å². The number of benzene rings is 2. The molecule has 146 valence electrons. The molecule has 1 N–H and O–H groups in total. The van der Waals surface area contributed by atoms with E-state index in [0.717, 1.165) is 46.0 Å². The van der Waals surface area contributed by atoms with Crippen molar-refractivity contribution in [3.8, 4) is 11.4 Å². The number of aromatic nitrogens is 3. The van der Waals surface area contributed by atoms with Crippen LogP contribution >= 0.6 is 27.7 Å². The van der Waals surface area contributed by atoms with E-state index in [2.05, 4.69) is 55.1 Å². The molecule has 28 heavy (non-hydrogen) atoms. The monoisotopic (exact) mass is 458 g/mol. The van der Waals surface area contributed by atoms with E-state index < -0.39 is 0 Å². The second-order valence-corrected chi connectivity index (χ2v) is 8.15. The molecule has 1 aromatic heterocycles. The summed E-state index contributed by atoms with van der Waals surface area (Å²) in [6, 6.07) is 18.2. The number of halogens is 1. The average molecular weight is 459 g/mol. The molecule has 7 heteroatoms. The molecule has 0 saturated carbocycles. The molecule has 3 rings (SSSR count). The van der Waals surface area contributed by atoms with Crippen LogP contribution in [0.1, 0.15) is 25.3 Å². The zero-order valence-corrected chi connectivity index (χ0v) is 18.2. The zero-order valence-electron chi connectivity index (χ0n) is 15.8. The summed E-state index contributed by atoms with van der Waals surface area (Å²) >= 11 is 5.02. The normalized spacial score (nSPS) is 10.8.